The first kappa shape index (κ1) is 16.3. The Labute approximate surface area is 120 Å². The summed E-state index contributed by atoms with van der Waals surface area (Å²) in [6.45, 7) is 2.53. The number of unbranched alkanes of at least 4 members (excludes halogenated alkanes) is 1. The number of hydrogen-bond acceptors (Lipinski definition) is 4. The number of ether oxygens (including phenoxy) is 2. The zero-order chi connectivity index (χ0) is 15.0. The van der Waals surface area contributed by atoms with Gasteiger partial charge in [-0.05, 0) is 18.6 Å². The number of rotatable bonds is 8. The van der Waals surface area contributed by atoms with Crippen molar-refractivity contribution in [1.82, 2.24) is 5.32 Å². The van der Waals surface area contributed by atoms with Crippen molar-refractivity contribution in [2.24, 2.45) is 5.73 Å². The predicted octanol–water partition coefficient (Wildman–Crippen LogP) is 1.95. The monoisotopic (exact) mass is 280 g/mol. The van der Waals surface area contributed by atoms with Gasteiger partial charge in [-0.1, -0.05) is 25.8 Å². The molecule has 0 bridgehead atoms. The molecular formula is C15H24N2O3. The summed E-state index contributed by atoms with van der Waals surface area (Å²) < 4.78 is 10.5. The third-order valence-electron chi connectivity index (χ3n) is 3.18. The lowest BCUT2D eigenvalue weighted by molar-refractivity contribution is 0.0929. The zero-order valence-corrected chi connectivity index (χ0v) is 12.4. The average molecular weight is 280 g/mol. The summed E-state index contributed by atoms with van der Waals surface area (Å²) in [5.74, 6) is 0.770. The van der Waals surface area contributed by atoms with E-state index in [2.05, 4.69) is 12.2 Å². The molecule has 0 saturated carbocycles. The first-order valence-corrected chi connectivity index (χ1v) is 6.89. The van der Waals surface area contributed by atoms with E-state index in [-0.39, 0.29) is 11.9 Å². The Kier molecular flexibility index (Phi) is 6.87. The Morgan fingerprint density at radius 2 is 1.90 bits per heavy atom. The van der Waals surface area contributed by atoms with Crippen LogP contribution < -0.4 is 20.5 Å². The summed E-state index contributed by atoms with van der Waals surface area (Å²) in [7, 11) is 3.06. The molecular weight excluding hydrogens is 256 g/mol. The Hall–Kier alpha value is -1.75. The van der Waals surface area contributed by atoms with Gasteiger partial charge in [0.1, 0.15) is 17.1 Å². The van der Waals surface area contributed by atoms with Crippen LogP contribution in [-0.2, 0) is 0 Å². The van der Waals surface area contributed by atoms with E-state index in [4.69, 9.17) is 15.2 Å². The van der Waals surface area contributed by atoms with E-state index >= 15 is 0 Å². The standard InChI is InChI=1S/C15H24N2O3/c1-4-5-7-11(10-16)17-15(18)14-12(19-2)8-6-9-13(14)20-3/h6,8-9,11H,4-5,7,10,16H2,1-3H3,(H,17,18). The molecule has 0 aliphatic carbocycles. The zero-order valence-electron chi connectivity index (χ0n) is 12.4. The molecule has 20 heavy (non-hydrogen) atoms. The fourth-order valence-electron chi connectivity index (χ4n) is 2.03. The van der Waals surface area contributed by atoms with Crippen LogP contribution in [0.25, 0.3) is 0 Å². The second-order valence-corrected chi connectivity index (χ2v) is 4.59. The number of benzene rings is 1. The highest BCUT2D eigenvalue weighted by Gasteiger charge is 2.20. The summed E-state index contributed by atoms with van der Waals surface area (Å²) >= 11 is 0. The summed E-state index contributed by atoms with van der Waals surface area (Å²) in [4.78, 5) is 12.4. The van der Waals surface area contributed by atoms with Crippen LogP contribution in [0.4, 0.5) is 0 Å². The van der Waals surface area contributed by atoms with Crippen molar-refractivity contribution in [3.8, 4) is 11.5 Å². The van der Waals surface area contributed by atoms with Crippen molar-refractivity contribution < 1.29 is 14.3 Å². The van der Waals surface area contributed by atoms with Gasteiger partial charge in [-0.3, -0.25) is 4.79 Å². The van der Waals surface area contributed by atoms with Crippen LogP contribution in [0.2, 0.25) is 0 Å². The number of carbonyl (C=O) groups is 1. The number of amides is 1. The first-order chi connectivity index (χ1) is 9.67. The SMILES string of the molecule is CCCCC(CN)NC(=O)c1c(OC)cccc1OC. The van der Waals surface area contributed by atoms with Crippen molar-refractivity contribution in [2.75, 3.05) is 20.8 Å². The molecule has 1 aromatic rings. The van der Waals surface area contributed by atoms with E-state index in [0.29, 0.717) is 23.6 Å². The number of carbonyl (C=O) groups excluding carboxylic acids is 1. The molecule has 5 nitrogen and oxygen atoms in total. The van der Waals surface area contributed by atoms with Gasteiger partial charge in [-0.2, -0.15) is 0 Å². The summed E-state index contributed by atoms with van der Waals surface area (Å²) in [5, 5.41) is 2.94. The Balaban J connectivity index is 2.90. The normalized spacial score (nSPS) is 11.8. The largest absolute Gasteiger partial charge is 0.496 e. The molecule has 0 aromatic heterocycles. The van der Waals surface area contributed by atoms with Crippen molar-refractivity contribution in [3.05, 3.63) is 23.8 Å². The van der Waals surface area contributed by atoms with Crippen molar-refractivity contribution >= 4 is 5.91 Å². The maximum atomic E-state index is 12.4. The molecule has 1 rings (SSSR count). The highest BCUT2D eigenvalue weighted by Crippen LogP contribution is 2.28. The summed E-state index contributed by atoms with van der Waals surface area (Å²) in [6.07, 6.45) is 2.98. The van der Waals surface area contributed by atoms with E-state index in [1.165, 1.54) is 14.2 Å². The minimum Gasteiger partial charge on any atom is -0.496 e. The van der Waals surface area contributed by atoms with Crippen LogP contribution in [0, 0.1) is 0 Å². The second kappa shape index (κ2) is 8.43. The molecule has 0 aliphatic rings. The number of methoxy groups -OCH3 is 2. The van der Waals surface area contributed by atoms with E-state index in [1.54, 1.807) is 18.2 Å². The minimum absolute atomic E-state index is 0.0305. The van der Waals surface area contributed by atoms with Gasteiger partial charge in [0.25, 0.3) is 5.91 Å². The molecule has 0 fully saturated rings. The quantitative estimate of drug-likeness (QED) is 0.763. The Morgan fingerprint density at radius 1 is 1.30 bits per heavy atom. The fourth-order valence-corrected chi connectivity index (χ4v) is 2.03. The van der Waals surface area contributed by atoms with Gasteiger partial charge in [0.15, 0.2) is 0 Å². The molecule has 1 unspecified atom stereocenters. The highest BCUT2D eigenvalue weighted by atomic mass is 16.5. The van der Waals surface area contributed by atoms with Crippen LogP contribution in [0.1, 0.15) is 36.5 Å². The van der Waals surface area contributed by atoms with E-state index in [0.717, 1.165) is 19.3 Å². The lowest BCUT2D eigenvalue weighted by Crippen LogP contribution is -2.40. The maximum absolute atomic E-state index is 12.4. The van der Waals surface area contributed by atoms with E-state index in [9.17, 15) is 4.79 Å². The molecule has 0 radical (unpaired) electrons. The van der Waals surface area contributed by atoms with Gasteiger partial charge in [0.2, 0.25) is 0 Å². The molecule has 112 valence electrons. The Bertz CT molecular complexity index is 413. The van der Waals surface area contributed by atoms with Gasteiger partial charge < -0.3 is 20.5 Å². The first-order valence-electron chi connectivity index (χ1n) is 6.89. The number of hydrogen-bond donors (Lipinski definition) is 2. The van der Waals surface area contributed by atoms with Crippen LogP contribution in [0.15, 0.2) is 18.2 Å². The van der Waals surface area contributed by atoms with Gasteiger partial charge in [0.05, 0.1) is 14.2 Å². The molecule has 1 amide bonds. The van der Waals surface area contributed by atoms with Crippen molar-refractivity contribution in [2.45, 2.75) is 32.2 Å². The molecule has 5 heteroatoms. The van der Waals surface area contributed by atoms with E-state index in [1.807, 2.05) is 0 Å². The predicted molar refractivity (Wildman–Crippen MR) is 79.4 cm³/mol. The Morgan fingerprint density at radius 3 is 2.35 bits per heavy atom. The van der Waals surface area contributed by atoms with Crippen molar-refractivity contribution in [1.29, 1.82) is 0 Å². The molecule has 0 heterocycles. The molecule has 1 atom stereocenters. The molecule has 0 spiro atoms. The molecule has 0 saturated heterocycles. The topological polar surface area (TPSA) is 73.6 Å². The average Bonchev–Trinajstić information content (AvgIpc) is 2.50. The van der Waals surface area contributed by atoms with Gasteiger partial charge >= 0.3 is 0 Å². The third-order valence-corrected chi connectivity index (χ3v) is 3.18. The van der Waals surface area contributed by atoms with E-state index < -0.39 is 0 Å². The molecule has 0 aliphatic heterocycles. The van der Waals surface area contributed by atoms with Crippen molar-refractivity contribution in [3.63, 3.8) is 0 Å². The highest BCUT2D eigenvalue weighted by molar-refractivity contribution is 5.99. The van der Waals surface area contributed by atoms with Crippen LogP contribution >= 0.6 is 0 Å². The van der Waals surface area contributed by atoms with Gasteiger partial charge in [0, 0.05) is 12.6 Å². The van der Waals surface area contributed by atoms with Crippen LogP contribution in [-0.4, -0.2) is 32.7 Å². The van der Waals surface area contributed by atoms with Crippen LogP contribution in [0.3, 0.4) is 0 Å². The summed E-state index contributed by atoms with van der Waals surface area (Å²) in [6, 6.07) is 5.23. The minimum atomic E-state index is -0.217. The summed E-state index contributed by atoms with van der Waals surface area (Å²) in [5.41, 5.74) is 6.11. The number of nitrogens with two attached hydrogens (primary N) is 1. The molecule has 1 aromatic carbocycles. The smallest absolute Gasteiger partial charge is 0.259 e. The lowest BCUT2D eigenvalue weighted by Gasteiger charge is -2.18. The fraction of sp³-hybridized carbons (Fsp3) is 0.533. The van der Waals surface area contributed by atoms with Crippen LogP contribution in [0.5, 0.6) is 11.5 Å². The van der Waals surface area contributed by atoms with Gasteiger partial charge in [-0.25, -0.2) is 0 Å². The maximum Gasteiger partial charge on any atom is 0.259 e. The second-order valence-electron chi connectivity index (χ2n) is 4.59. The third kappa shape index (κ3) is 4.13. The lowest BCUT2D eigenvalue weighted by atomic mass is 10.1. The molecule has 3 N–H and O–H groups in total. The van der Waals surface area contributed by atoms with Gasteiger partial charge in [-0.15, -0.1) is 0 Å². The number of nitrogens with one attached hydrogen (secondary N) is 1.